The Labute approximate surface area is 107 Å². The van der Waals surface area contributed by atoms with Gasteiger partial charge in [0.25, 0.3) is 0 Å². The molecule has 1 aromatic carbocycles. The number of nitrogens with zero attached hydrogens (tertiary/aromatic N) is 1. The maximum atomic E-state index is 11.6. The zero-order chi connectivity index (χ0) is 13.3. The molecule has 98 valence electrons. The molecule has 6 heteroatoms. The van der Waals surface area contributed by atoms with E-state index in [0.717, 1.165) is 24.8 Å². The smallest absolute Gasteiger partial charge is 0.229 e. The van der Waals surface area contributed by atoms with E-state index in [1.54, 1.807) is 36.1 Å². The number of sulfonamides is 1. The van der Waals surface area contributed by atoms with Crippen LogP contribution < -0.4 is 9.62 Å². The van der Waals surface area contributed by atoms with E-state index < -0.39 is 10.0 Å². The number of hydrogen-bond donors (Lipinski definition) is 1. The highest BCUT2D eigenvalue weighted by atomic mass is 32.2. The molecule has 1 saturated carbocycles. The number of carbonyl (C=O) groups excluding carboxylic acids is 1. The first kappa shape index (κ1) is 12.9. The van der Waals surface area contributed by atoms with Gasteiger partial charge in [-0.15, -0.1) is 0 Å². The minimum Gasteiger partial charge on any atom is -0.310 e. The van der Waals surface area contributed by atoms with E-state index in [2.05, 4.69) is 4.72 Å². The summed E-state index contributed by atoms with van der Waals surface area (Å²) in [4.78, 5) is 13.3. The molecule has 1 N–H and O–H groups in total. The van der Waals surface area contributed by atoms with E-state index >= 15 is 0 Å². The van der Waals surface area contributed by atoms with Crippen molar-refractivity contribution in [2.45, 2.75) is 25.8 Å². The zero-order valence-electron chi connectivity index (χ0n) is 10.4. The van der Waals surface area contributed by atoms with Crippen LogP contribution in [0.4, 0.5) is 11.4 Å². The summed E-state index contributed by atoms with van der Waals surface area (Å²) in [5.74, 6) is 0.0151. The van der Waals surface area contributed by atoms with Crippen LogP contribution in [0.3, 0.4) is 0 Å². The van der Waals surface area contributed by atoms with Gasteiger partial charge in [-0.3, -0.25) is 9.52 Å². The van der Waals surface area contributed by atoms with Gasteiger partial charge >= 0.3 is 0 Å². The summed E-state index contributed by atoms with van der Waals surface area (Å²) in [5, 5.41) is 0. The lowest BCUT2D eigenvalue weighted by Crippen LogP contribution is -2.30. The summed E-state index contributed by atoms with van der Waals surface area (Å²) in [6.07, 6.45) is 3.17. The average molecular weight is 268 g/mol. The first-order valence-corrected chi connectivity index (χ1v) is 7.63. The second-order valence-corrected chi connectivity index (χ2v) is 6.29. The molecule has 0 aromatic heterocycles. The Morgan fingerprint density at radius 2 is 1.83 bits per heavy atom. The van der Waals surface area contributed by atoms with Gasteiger partial charge in [0.05, 0.1) is 6.26 Å². The molecular formula is C12H16N2O3S. The Balaban J connectivity index is 2.18. The number of carbonyl (C=O) groups is 1. The molecule has 0 aliphatic heterocycles. The first-order valence-electron chi connectivity index (χ1n) is 5.74. The molecule has 1 fully saturated rings. The second-order valence-electron chi connectivity index (χ2n) is 4.54. The van der Waals surface area contributed by atoms with E-state index in [0.29, 0.717) is 11.7 Å². The first-order chi connectivity index (χ1) is 8.37. The Morgan fingerprint density at radius 1 is 1.28 bits per heavy atom. The summed E-state index contributed by atoms with van der Waals surface area (Å²) in [5.41, 5.74) is 1.31. The lowest BCUT2D eigenvalue weighted by molar-refractivity contribution is -0.116. The number of benzene rings is 1. The molecule has 5 nitrogen and oxygen atoms in total. The van der Waals surface area contributed by atoms with Crippen molar-refractivity contribution in [2.75, 3.05) is 15.9 Å². The highest BCUT2D eigenvalue weighted by molar-refractivity contribution is 7.92. The van der Waals surface area contributed by atoms with Crippen molar-refractivity contribution >= 4 is 27.3 Å². The number of hydrogen-bond acceptors (Lipinski definition) is 3. The van der Waals surface area contributed by atoms with Crippen molar-refractivity contribution in [2.24, 2.45) is 0 Å². The van der Waals surface area contributed by atoms with E-state index in [1.807, 2.05) is 0 Å². The summed E-state index contributed by atoms with van der Waals surface area (Å²) >= 11 is 0. The van der Waals surface area contributed by atoms with Gasteiger partial charge in [-0.05, 0) is 37.1 Å². The van der Waals surface area contributed by atoms with Crippen molar-refractivity contribution in [3.63, 3.8) is 0 Å². The molecule has 1 amide bonds. The van der Waals surface area contributed by atoms with Crippen LogP contribution in [-0.2, 0) is 14.8 Å². The molecule has 1 aromatic rings. The highest BCUT2D eigenvalue weighted by Crippen LogP contribution is 2.32. The Bertz CT molecular complexity index is 547. The van der Waals surface area contributed by atoms with Gasteiger partial charge in [0.2, 0.25) is 15.9 Å². The molecule has 0 bridgehead atoms. The van der Waals surface area contributed by atoms with Crippen LogP contribution in [0.15, 0.2) is 24.3 Å². The summed E-state index contributed by atoms with van der Waals surface area (Å²) < 4.78 is 24.5. The topological polar surface area (TPSA) is 66.5 Å². The Kier molecular flexibility index (Phi) is 3.30. The van der Waals surface area contributed by atoms with Crippen LogP contribution in [-0.4, -0.2) is 26.6 Å². The third-order valence-corrected chi connectivity index (χ3v) is 3.31. The van der Waals surface area contributed by atoms with Crippen LogP contribution in [0.1, 0.15) is 19.8 Å². The predicted molar refractivity (Wildman–Crippen MR) is 71.1 cm³/mol. The van der Waals surface area contributed by atoms with Crippen molar-refractivity contribution in [1.82, 2.24) is 0 Å². The molecule has 0 spiro atoms. The van der Waals surface area contributed by atoms with Crippen molar-refractivity contribution in [3.05, 3.63) is 24.3 Å². The Hall–Kier alpha value is -1.56. The fraction of sp³-hybridized carbons (Fsp3) is 0.417. The molecule has 0 heterocycles. The normalized spacial score (nSPS) is 15.2. The van der Waals surface area contributed by atoms with Crippen molar-refractivity contribution in [3.8, 4) is 0 Å². The number of nitrogens with one attached hydrogen (secondary N) is 1. The maximum Gasteiger partial charge on any atom is 0.229 e. The van der Waals surface area contributed by atoms with E-state index in [4.69, 9.17) is 0 Å². The number of amides is 1. The Morgan fingerprint density at radius 3 is 2.22 bits per heavy atom. The molecule has 1 aliphatic carbocycles. The van der Waals surface area contributed by atoms with Gasteiger partial charge in [0.15, 0.2) is 0 Å². The van der Waals surface area contributed by atoms with Gasteiger partial charge in [-0.1, -0.05) is 0 Å². The molecule has 0 unspecified atom stereocenters. The quantitative estimate of drug-likeness (QED) is 0.901. The fourth-order valence-electron chi connectivity index (χ4n) is 1.89. The van der Waals surface area contributed by atoms with Crippen molar-refractivity contribution < 1.29 is 13.2 Å². The third-order valence-electron chi connectivity index (χ3n) is 2.70. The SMILES string of the molecule is CC(=O)N(c1ccc(NS(C)(=O)=O)cc1)C1CC1. The minimum absolute atomic E-state index is 0.0151. The lowest BCUT2D eigenvalue weighted by Gasteiger charge is -2.21. The van der Waals surface area contributed by atoms with Crippen LogP contribution in [0.5, 0.6) is 0 Å². The molecule has 2 rings (SSSR count). The standard InChI is InChI=1S/C12H16N2O3S/c1-9(15)14(12-7-8-12)11-5-3-10(4-6-11)13-18(2,16)17/h3-6,12-13H,7-8H2,1-2H3. The molecule has 0 radical (unpaired) electrons. The monoisotopic (exact) mass is 268 g/mol. The highest BCUT2D eigenvalue weighted by Gasteiger charge is 2.31. The van der Waals surface area contributed by atoms with Gasteiger partial charge in [-0.25, -0.2) is 8.42 Å². The molecular weight excluding hydrogens is 252 g/mol. The third kappa shape index (κ3) is 3.22. The lowest BCUT2D eigenvalue weighted by atomic mass is 10.2. The fourth-order valence-corrected chi connectivity index (χ4v) is 2.45. The van der Waals surface area contributed by atoms with Crippen molar-refractivity contribution in [1.29, 1.82) is 0 Å². The van der Waals surface area contributed by atoms with Crippen LogP contribution in [0.25, 0.3) is 0 Å². The summed E-state index contributed by atoms with van der Waals surface area (Å²) in [6, 6.07) is 7.14. The number of rotatable bonds is 4. The van der Waals surface area contributed by atoms with Crippen LogP contribution in [0.2, 0.25) is 0 Å². The maximum absolute atomic E-state index is 11.6. The van der Waals surface area contributed by atoms with Gasteiger partial charge in [-0.2, -0.15) is 0 Å². The average Bonchev–Trinajstić information content (AvgIpc) is 3.02. The van der Waals surface area contributed by atoms with Gasteiger partial charge in [0.1, 0.15) is 0 Å². The molecule has 1 aliphatic rings. The van der Waals surface area contributed by atoms with Crippen LogP contribution >= 0.6 is 0 Å². The zero-order valence-corrected chi connectivity index (χ0v) is 11.2. The largest absolute Gasteiger partial charge is 0.310 e. The van der Waals surface area contributed by atoms with Crippen LogP contribution in [0, 0.1) is 0 Å². The van der Waals surface area contributed by atoms with E-state index in [-0.39, 0.29) is 5.91 Å². The van der Waals surface area contributed by atoms with E-state index in [1.165, 1.54) is 0 Å². The minimum atomic E-state index is -3.26. The molecule has 0 saturated heterocycles. The molecule has 0 atom stereocenters. The number of anilines is 2. The predicted octanol–water partition coefficient (Wildman–Crippen LogP) is 1.57. The van der Waals surface area contributed by atoms with Gasteiger partial charge in [0, 0.05) is 24.3 Å². The summed E-state index contributed by atoms with van der Waals surface area (Å²) in [6.45, 7) is 1.54. The van der Waals surface area contributed by atoms with E-state index in [9.17, 15) is 13.2 Å². The summed E-state index contributed by atoms with van der Waals surface area (Å²) in [7, 11) is -3.26. The second kappa shape index (κ2) is 4.61. The molecule has 18 heavy (non-hydrogen) atoms. The van der Waals surface area contributed by atoms with Gasteiger partial charge < -0.3 is 4.90 Å².